The number of halogens is 2. The van der Waals surface area contributed by atoms with Gasteiger partial charge in [-0.15, -0.1) is 0 Å². The molecule has 1 spiro atoms. The van der Waals surface area contributed by atoms with Crippen LogP contribution < -0.4 is 9.80 Å². The SMILES string of the molecule is Fc1ccc(N(c2ccccc2)c2ccc3cc4c(cc3c2)C2(c3ccccc3-c3ccccc32)c2cc(N(c3ccccc3)c3ccc(F)cc3)c3ccccc3c2-4)cc1. The van der Waals surface area contributed by atoms with E-state index in [1.54, 1.807) is 0 Å². The van der Waals surface area contributed by atoms with E-state index in [1.165, 1.54) is 68.8 Å². The monoisotopic (exact) mass is 786 g/mol. The number of anilines is 6. The Morgan fingerprint density at radius 3 is 1.43 bits per heavy atom. The smallest absolute Gasteiger partial charge is 0.123 e. The fourth-order valence-electron chi connectivity index (χ4n) is 10.2. The van der Waals surface area contributed by atoms with Gasteiger partial charge in [-0.3, -0.25) is 0 Å². The van der Waals surface area contributed by atoms with E-state index >= 15 is 0 Å². The standard InChI is InChI=1S/C57H36F2N2/c58-39-24-29-43(30-25-39)60(41-13-3-1-4-14-41)45-28-23-37-34-50-53(35-38(37)33-45)57(51-21-11-9-17-46(51)47-18-10-12-22-52(47)57)54-36-55(48-19-7-8-20-49(48)56(50)54)61(42-15-5-2-6-16-42)44-31-26-40(59)27-32-44/h1-36H. The topological polar surface area (TPSA) is 6.48 Å². The van der Waals surface area contributed by atoms with Crippen LogP contribution >= 0.6 is 0 Å². The summed E-state index contributed by atoms with van der Waals surface area (Å²) in [4.78, 5) is 4.45. The second kappa shape index (κ2) is 13.6. The summed E-state index contributed by atoms with van der Waals surface area (Å²) in [6.45, 7) is 0. The van der Waals surface area contributed by atoms with Crippen molar-refractivity contribution in [1.29, 1.82) is 0 Å². The maximum atomic E-state index is 14.6. The first kappa shape index (κ1) is 35.2. The Labute approximate surface area is 352 Å². The van der Waals surface area contributed by atoms with E-state index in [-0.39, 0.29) is 11.6 Å². The van der Waals surface area contributed by atoms with Crippen LogP contribution in [0.4, 0.5) is 42.9 Å². The van der Waals surface area contributed by atoms with Crippen LogP contribution in [0.15, 0.2) is 218 Å². The van der Waals surface area contributed by atoms with Gasteiger partial charge in [0.1, 0.15) is 11.6 Å². The van der Waals surface area contributed by atoms with Crippen LogP contribution in [-0.4, -0.2) is 0 Å². The molecular weight excluding hydrogens is 751 g/mol. The van der Waals surface area contributed by atoms with Crippen LogP contribution in [0.5, 0.6) is 0 Å². The van der Waals surface area contributed by atoms with E-state index in [4.69, 9.17) is 0 Å². The predicted molar refractivity (Wildman–Crippen MR) is 247 cm³/mol. The van der Waals surface area contributed by atoms with Gasteiger partial charge in [0.15, 0.2) is 0 Å². The molecule has 288 valence electrons. The number of hydrogen-bond acceptors (Lipinski definition) is 2. The summed E-state index contributed by atoms with van der Waals surface area (Å²) in [6.07, 6.45) is 0. The average Bonchev–Trinajstić information content (AvgIpc) is 3.77. The maximum absolute atomic E-state index is 14.6. The third kappa shape index (κ3) is 5.25. The predicted octanol–water partition coefficient (Wildman–Crippen LogP) is 15.6. The van der Waals surface area contributed by atoms with Crippen molar-refractivity contribution in [2.24, 2.45) is 0 Å². The molecule has 4 heteroatoms. The van der Waals surface area contributed by atoms with Crippen molar-refractivity contribution in [3.63, 3.8) is 0 Å². The normalized spacial score (nSPS) is 12.9. The van der Waals surface area contributed by atoms with Crippen molar-refractivity contribution in [2.45, 2.75) is 5.41 Å². The third-order valence-corrected chi connectivity index (χ3v) is 12.7. The Morgan fingerprint density at radius 2 is 0.803 bits per heavy atom. The molecular formula is C57H36F2N2. The zero-order valence-corrected chi connectivity index (χ0v) is 32.9. The highest BCUT2D eigenvalue weighted by atomic mass is 19.1. The number of benzene rings is 10. The molecule has 0 radical (unpaired) electrons. The van der Waals surface area contributed by atoms with E-state index in [2.05, 4.69) is 155 Å². The van der Waals surface area contributed by atoms with E-state index in [9.17, 15) is 8.78 Å². The van der Waals surface area contributed by atoms with Crippen molar-refractivity contribution in [3.05, 3.63) is 252 Å². The molecule has 0 unspecified atom stereocenters. The summed E-state index contributed by atoms with van der Waals surface area (Å²) in [7, 11) is 0. The van der Waals surface area contributed by atoms with Crippen molar-refractivity contribution >= 4 is 55.7 Å². The lowest BCUT2D eigenvalue weighted by atomic mass is 9.70. The summed E-state index contributed by atoms with van der Waals surface area (Å²) < 4.78 is 28.8. The summed E-state index contributed by atoms with van der Waals surface area (Å²) in [6, 6.07) is 74.5. The highest BCUT2D eigenvalue weighted by Gasteiger charge is 2.52. The second-order valence-corrected chi connectivity index (χ2v) is 15.9. The lowest BCUT2D eigenvalue weighted by Crippen LogP contribution is -2.26. The van der Waals surface area contributed by atoms with Crippen LogP contribution in [0.2, 0.25) is 0 Å². The van der Waals surface area contributed by atoms with Crippen molar-refractivity contribution in [3.8, 4) is 22.3 Å². The zero-order valence-electron chi connectivity index (χ0n) is 32.9. The van der Waals surface area contributed by atoms with Gasteiger partial charge in [0.2, 0.25) is 0 Å². The van der Waals surface area contributed by atoms with Gasteiger partial charge < -0.3 is 9.80 Å². The lowest BCUT2D eigenvalue weighted by Gasteiger charge is -2.33. The largest absolute Gasteiger partial charge is 0.310 e. The van der Waals surface area contributed by atoms with Gasteiger partial charge in [0.25, 0.3) is 0 Å². The first-order valence-electron chi connectivity index (χ1n) is 20.6. The number of para-hydroxylation sites is 2. The Hall–Kier alpha value is -7.82. The molecule has 61 heavy (non-hydrogen) atoms. The summed E-state index contributed by atoms with van der Waals surface area (Å²) in [5.41, 5.74) is 14.9. The second-order valence-electron chi connectivity index (χ2n) is 15.9. The van der Waals surface area contributed by atoms with Gasteiger partial charge in [-0.2, -0.15) is 0 Å². The zero-order chi connectivity index (χ0) is 40.7. The van der Waals surface area contributed by atoms with Gasteiger partial charge in [0.05, 0.1) is 11.1 Å². The molecule has 0 bridgehead atoms. The number of rotatable bonds is 6. The quantitative estimate of drug-likeness (QED) is 0.166. The average molecular weight is 787 g/mol. The molecule has 10 aromatic carbocycles. The lowest BCUT2D eigenvalue weighted by molar-refractivity contribution is 0.627. The molecule has 0 saturated heterocycles. The Kier molecular flexibility index (Phi) is 7.85. The van der Waals surface area contributed by atoms with Crippen LogP contribution in [0.3, 0.4) is 0 Å². The Bertz CT molecular complexity index is 3280. The van der Waals surface area contributed by atoms with E-state index in [1.807, 2.05) is 48.5 Å². The minimum Gasteiger partial charge on any atom is -0.310 e. The van der Waals surface area contributed by atoms with Gasteiger partial charge >= 0.3 is 0 Å². The first-order valence-corrected chi connectivity index (χ1v) is 20.6. The molecule has 10 aromatic rings. The number of nitrogens with zero attached hydrogens (tertiary/aromatic N) is 2. The third-order valence-electron chi connectivity index (χ3n) is 12.7. The minimum absolute atomic E-state index is 0.270. The van der Waals surface area contributed by atoms with Crippen LogP contribution in [-0.2, 0) is 5.41 Å². The molecule has 0 atom stereocenters. The highest BCUT2D eigenvalue weighted by Crippen LogP contribution is 2.65. The first-order chi connectivity index (χ1) is 30.1. The molecule has 2 aliphatic rings. The van der Waals surface area contributed by atoms with E-state index in [0.29, 0.717) is 0 Å². The molecule has 0 aromatic heterocycles. The highest BCUT2D eigenvalue weighted by molar-refractivity contribution is 6.13. The molecule has 0 saturated carbocycles. The van der Waals surface area contributed by atoms with Gasteiger partial charge in [-0.1, -0.05) is 115 Å². The summed E-state index contributed by atoms with van der Waals surface area (Å²) in [5.74, 6) is -0.544. The van der Waals surface area contributed by atoms with Crippen molar-refractivity contribution < 1.29 is 8.78 Å². The Morgan fingerprint density at radius 1 is 0.311 bits per heavy atom. The fraction of sp³-hybridized carbons (Fsp3) is 0.0175. The van der Waals surface area contributed by atoms with Gasteiger partial charge in [-0.25, -0.2) is 8.78 Å². The van der Waals surface area contributed by atoms with Crippen molar-refractivity contribution in [2.75, 3.05) is 9.80 Å². The van der Waals surface area contributed by atoms with Crippen molar-refractivity contribution in [1.82, 2.24) is 0 Å². The van der Waals surface area contributed by atoms with E-state index < -0.39 is 5.41 Å². The summed E-state index contributed by atoms with van der Waals surface area (Å²) in [5, 5.41) is 4.49. The van der Waals surface area contributed by atoms with Gasteiger partial charge in [-0.05, 0) is 164 Å². The fourth-order valence-corrected chi connectivity index (χ4v) is 10.2. The number of fused-ring (bicyclic) bond motifs is 13. The summed E-state index contributed by atoms with van der Waals surface area (Å²) >= 11 is 0. The minimum atomic E-state index is -0.651. The molecule has 0 amide bonds. The molecule has 0 N–H and O–H groups in total. The molecule has 0 heterocycles. The van der Waals surface area contributed by atoms with Crippen LogP contribution in [0.25, 0.3) is 43.8 Å². The molecule has 12 rings (SSSR count). The van der Waals surface area contributed by atoms with Crippen LogP contribution in [0.1, 0.15) is 22.3 Å². The molecule has 0 fully saturated rings. The molecule has 0 aliphatic heterocycles. The van der Waals surface area contributed by atoms with E-state index in [0.717, 1.165) is 55.7 Å². The maximum Gasteiger partial charge on any atom is 0.123 e. The molecule has 2 nitrogen and oxygen atoms in total. The molecule has 2 aliphatic carbocycles. The van der Waals surface area contributed by atoms with Gasteiger partial charge in [0, 0.05) is 33.8 Å². The van der Waals surface area contributed by atoms with Crippen LogP contribution in [0, 0.1) is 11.6 Å². The Balaban J connectivity index is 1.18. The number of hydrogen-bond donors (Lipinski definition) is 0.